The van der Waals surface area contributed by atoms with Crippen LogP contribution in [0.3, 0.4) is 0 Å². The van der Waals surface area contributed by atoms with Crippen molar-refractivity contribution in [1.82, 2.24) is 19.7 Å². The Morgan fingerprint density at radius 3 is 2.89 bits per heavy atom. The first-order valence-corrected chi connectivity index (χ1v) is 5.74. The largest absolute Gasteiger partial charge is 0.493 e. The van der Waals surface area contributed by atoms with Crippen LogP contribution in [-0.4, -0.2) is 32.0 Å². The van der Waals surface area contributed by atoms with Crippen molar-refractivity contribution in [3.8, 4) is 5.75 Å². The summed E-state index contributed by atoms with van der Waals surface area (Å²) < 4.78 is 6.91. The number of rotatable bonds is 4. The summed E-state index contributed by atoms with van der Waals surface area (Å²) in [5.41, 5.74) is 1.15. The van der Waals surface area contributed by atoms with Gasteiger partial charge in [-0.25, -0.2) is 9.97 Å². The summed E-state index contributed by atoms with van der Waals surface area (Å²) in [6.45, 7) is 4.39. The summed E-state index contributed by atoms with van der Waals surface area (Å²) in [5, 5.41) is 14.6. The van der Waals surface area contributed by atoms with E-state index in [0.717, 1.165) is 0 Å². The van der Waals surface area contributed by atoms with Gasteiger partial charge in [-0.2, -0.15) is 5.10 Å². The van der Waals surface area contributed by atoms with E-state index < -0.39 is 6.10 Å². The summed E-state index contributed by atoms with van der Waals surface area (Å²) in [6.07, 6.45) is 2.35. The Kier molecular flexibility index (Phi) is 3.57. The Bertz CT molecular complexity index is 517. The summed E-state index contributed by atoms with van der Waals surface area (Å²) >= 11 is 0. The van der Waals surface area contributed by atoms with Gasteiger partial charge in [0.05, 0.1) is 19.0 Å². The van der Waals surface area contributed by atoms with Crippen LogP contribution in [0.15, 0.2) is 18.5 Å². The van der Waals surface area contributed by atoms with E-state index >= 15 is 0 Å². The predicted octanol–water partition coefficient (Wildman–Crippen LogP) is 1.09. The first-order valence-electron chi connectivity index (χ1n) is 5.74. The van der Waals surface area contributed by atoms with Crippen molar-refractivity contribution >= 4 is 0 Å². The summed E-state index contributed by atoms with van der Waals surface area (Å²) in [7, 11) is 1.55. The van der Waals surface area contributed by atoms with Crippen LogP contribution in [-0.2, 0) is 6.54 Å². The van der Waals surface area contributed by atoms with Crippen LogP contribution in [0.5, 0.6) is 5.75 Å². The Balaban J connectivity index is 2.44. The highest BCUT2D eigenvalue weighted by Crippen LogP contribution is 2.28. The minimum atomic E-state index is -0.871. The molecule has 0 bridgehead atoms. The number of nitrogens with zero attached hydrogens (tertiary/aromatic N) is 4. The molecule has 6 heteroatoms. The van der Waals surface area contributed by atoms with Crippen molar-refractivity contribution in [2.24, 2.45) is 0 Å². The predicted molar refractivity (Wildman–Crippen MR) is 65.3 cm³/mol. The molecule has 0 amide bonds. The molecule has 2 aromatic rings. The van der Waals surface area contributed by atoms with Crippen molar-refractivity contribution in [2.45, 2.75) is 26.5 Å². The zero-order valence-electron chi connectivity index (χ0n) is 10.7. The van der Waals surface area contributed by atoms with E-state index in [9.17, 15) is 5.11 Å². The SMILES string of the molecule is CCn1ncc(OC)c1C(O)c1ccnc(C)n1. The van der Waals surface area contributed by atoms with Gasteiger partial charge in [0, 0.05) is 12.7 Å². The van der Waals surface area contributed by atoms with Crippen LogP contribution in [0.2, 0.25) is 0 Å². The van der Waals surface area contributed by atoms with E-state index in [-0.39, 0.29) is 0 Å². The fourth-order valence-corrected chi connectivity index (χ4v) is 1.83. The van der Waals surface area contributed by atoms with Crippen molar-refractivity contribution in [3.05, 3.63) is 35.7 Å². The summed E-state index contributed by atoms with van der Waals surface area (Å²) in [4.78, 5) is 8.23. The van der Waals surface area contributed by atoms with E-state index in [4.69, 9.17) is 4.74 Å². The van der Waals surface area contributed by atoms with Gasteiger partial charge in [0.2, 0.25) is 0 Å². The standard InChI is InChI=1S/C12H16N4O2/c1-4-16-11(10(18-3)7-14-16)12(17)9-5-6-13-8(2)15-9/h5-7,12,17H,4H2,1-3H3. The van der Waals surface area contributed by atoms with E-state index in [1.54, 1.807) is 37.2 Å². The Morgan fingerprint density at radius 2 is 2.28 bits per heavy atom. The number of methoxy groups -OCH3 is 1. The third-order valence-corrected chi connectivity index (χ3v) is 2.70. The third-order valence-electron chi connectivity index (χ3n) is 2.70. The number of aromatic nitrogens is 4. The molecule has 0 aliphatic carbocycles. The molecule has 0 saturated carbocycles. The second-order valence-corrected chi connectivity index (χ2v) is 3.85. The zero-order chi connectivity index (χ0) is 13.1. The van der Waals surface area contributed by atoms with E-state index in [1.165, 1.54) is 0 Å². The van der Waals surface area contributed by atoms with Crippen molar-refractivity contribution in [1.29, 1.82) is 0 Å². The Labute approximate surface area is 105 Å². The van der Waals surface area contributed by atoms with Crippen LogP contribution in [0.25, 0.3) is 0 Å². The average Bonchev–Trinajstić information content (AvgIpc) is 2.80. The normalized spacial score (nSPS) is 12.4. The van der Waals surface area contributed by atoms with Gasteiger partial charge < -0.3 is 9.84 Å². The lowest BCUT2D eigenvalue weighted by Gasteiger charge is -2.13. The van der Waals surface area contributed by atoms with Gasteiger partial charge in [-0.05, 0) is 19.9 Å². The highest BCUT2D eigenvalue weighted by atomic mass is 16.5. The van der Waals surface area contributed by atoms with E-state index in [2.05, 4.69) is 15.1 Å². The number of ether oxygens (including phenoxy) is 1. The molecular formula is C12H16N4O2. The molecule has 1 unspecified atom stereocenters. The molecule has 0 radical (unpaired) electrons. The van der Waals surface area contributed by atoms with Gasteiger partial charge in [0.1, 0.15) is 17.6 Å². The Morgan fingerprint density at radius 1 is 1.50 bits per heavy atom. The van der Waals surface area contributed by atoms with Crippen LogP contribution in [0.4, 0.5) is 0 Å². The number of aliphatic hydroxyl groups excluding tert-OH is 1. The fourth-order valence-electron chi connectivity index (χ4n) is 1.83. The van der Waals surface area contributed by atoms with Crippen LogP contribution in [0.1, 0.15) is 30.2 Å². The molecule has 0 saturated heterocycles. The van der Waals surface area contributed by atoms with E-state index in [1.807, 2.05) is 6.92 Å². The zero-order valence-corrected chi connectivity index (χ0v) is 10.7. The van der Waals surface area contributed by atoms with Gasteiger partial charge in [0.15, 0.2) is 5.75 Å². The maximum atomic E-state index is 10.4. The molecular weight excluding hydrogens is 232 g/mol. The minimum absolute atomic E-state index is 0.538. The average molecular weight is 248 g/mol. The molecule has 18 heavy (non-hydrogen) atoms. The molecule has 6 nitrogen and oxygen atoms in total. The molecule has 2 aromatic heterocycles. The first kappa shape index (κ1) is 12.5. The van der Waals surface area contributed by atoms with Crippen molar-refractivity contribution < 1.29 is 9.84 Å². The Hall–Kier alpha value is -1.95. The van der Waals surface area contributed by atoms with Gasteiger partial charge in [-0.1, -0.05) is 0 Å². The quantitative estimate of drug-likeness (QED) is 0.876. The second-order valence-electron chi connectivity index (χ2n) is 3.85. The van der Waals surface area contributed by atoms with Crippen LogP contribution in [0, 0.1) is 6.92 Å². The molecule has 2 rings (SSSR count). The molecule has 1 atom stereocenters. The molecule has 0 fully saturated rings. The smallest absolute Gasteiger partial charge is 0.163 e. The summed E-state index contributed by atoms with van der Waals surface area (Å²) in [6, 6.07) is 1.68. The third kappa shape index (κ3) is 2.19. The van der Waals surface area contributed by atoms with E-state index in [0.29, 0.717) is 29.5 Å². The monoisotopic (exact) mass is 248 g/mol. The van der Waals surface area contributed by atoms with Crippen LogP contribution >= 0.6 is 0 Å². The minimum Gasteiger partial charge on any atom is -0.493 e. The lowest BCUT2D eigenvalue weighted by atomic mass is 10.1. The number of hydrogen-bond donors (Lipinski definition) is 1. The lowest BCUT2D eigenvalue weighted by Crippen LogP contribution is -2.12. The summed E-state index contributed by atoms with van der Waals surface area (Å²) in [5.74, 6) is 1.17. The maximum absolute atomic E-state index is 10.4. The highest BCUT2D eigenvalue weighted by molar-refractivity contribution is 5.32. The molecule has 1 N–H and O–H groups in total. The maximum Gasteiger partial charge on any atom is 0.163 e. The van der Waals surface area contributed by atoms with Gasteiger partial charge in [0.25, 0.3) is 0 Å². The molecule has 0 aliphatic heterocycles. The second kappa shape index (κ2) is 5.14. The number of hydrogen-bond acceptors (Lipinski definition) is 5. The van der Waals surface area contributed by atoms with Crippen molar-refractivity contribution in [2.75, 3.05) is 7.11 Å². The van der Waals surface area contributed by atoms with Crippen LogP contribution < -0.4 is 4.74 Å². The molecule has 2 heterocycles. The first-order chi connectivity index (χ1) is 8.67. The fraction of sp³-hybridized carbons (Fsp3) is 0.417. The highest BCUT2D eigenvalue weighted by Gasteiger charge is 2.22. The number of aryl methyl sites for hydroxylation is 2. The lowest BCUT2D eigenvalue weighted by molar-refractivity contribution is 0.197. The molecule has 96 valence electrons. The number of aliphatic hydroxyl groups is 1. The molecule has 0 aliphatic rings. The topological polar surface area (TPSA) is 73.1 Å². The van der Waals surface area contributed by atoms with Gasteiger partial charge >= 0.3 is 0 Å². The molecule has 0 aromatic carbocycles. The van der Waals surface area contributed by atoms with Crippen molar-refractivity contribution in [3.63, 3.8) is 0 Å². The van der Waals surface area contributed by atoms with Gasteiger partial charge in [-0.3, -0.25) is 4.68 Å². The van der Waals surface area contributed by atoms with Gasteiger partial charge in [-0.15, -0.1) is 0 Å². The molecule has 0 spiro atoms.